The maximum atomic E-state index is 6.43. The van der Waals surface area contributed by atoms with Gasteiger partial charge < -0.3 is 12.4 Å². The van der Waals surface area contributed by atoms with Crippen molar-refractivity contribution in [3.05, 3.63) is 82.9 Å². The molecule has 2 atom stereocenters. The van der Waals surface area contributed by atoms with Crippen LogP contribution in [-0.2, 0) is 24.7 Å². The molecule has 0 aliphatic heterocycles. The molecule has 0 aromatic heterocycles. The Morgan fingerprint density at radius 3 is 1.78 bits per heavy atom. The summed E-state index contributed by atoms with van der Waals surface area (Å²) in [4.78, 5) is 0. The molecule has 2 aromatic carbocycles. The molecule has 0 bridgehead atoms. The Kier molecular flexibility index (Phi) is 5.35. The van der Waals surface area contributed by atoms with Gasteiger partial charge >= 0.3 is 141 Å². The van der Waals surface area contributed by atoms with Crippen LogP contribution in [0.25, 0.3) is 12.2 Å². The van der Waals surface area contributed by atoms with Gasteiger partial charge in [-0.25, -0.2) is 0 Å². The minimum Gasteiger partial charge on any atom is -1.00 e. The number of allylic oxidation sites excluding steroid dienone is 2. The number of hydrogen-bond donors (Lipinski definition) is 0. The average Bonchev–Trinajstić information content (AvgIpc) is 3.17. The van der Waals surface area contributed by atoms with Crippen molar-refractivity contribution in [2.24, 2.45) is 0 Å². The van der Waals surface area contributed by atoms with Crippen molar-refractivity contribution >= 4 is 12.2 Å². The van der Waals surface area contributed by atoms with Crippen LogP contribution in [0, 0.1) is 0 Å². The Balaban J connectivity index is 0.00000156. The minimum absolute atomic E-state index is 0. The molecule has 0 radical (unpaired) electrons. The second kappa shape index (κ2) is 7.29. The molecule has 2 aliphatic carbocycles. The Labute approximate surface area is 152 Å². The number of rotatable bonds is 4. The van der Waals surface area contributed by atoms with Crippen molar-refractivity contribution < 1.29 is 37.1 Å². The molecule has 2 unspecified atom stereocenters. The Morgan fingerprint density at radius 1 is 0.826 bits per heavy atom. The molecular formula is C20H19ClHfO. The largest absolute Gasteiger partial charge is 1.00 e. The van der Waals surface area contributed by atoms with Gasteiger partial charge in [-0.15, -0.1) is 0 Å². The zero-order valence-electron chi connectivity index (χ0n) is 13.1. The van der Waals surface area contributed by atoms with E-state index in [1.54, 1.807) is 0 Å². The Morgan fingerprint density at radius 2 is 1.30 bits per heavy atom. The maximum absolute atomic E-state index is 6.43. The molecule has 2 aliphatic rings. The van der Waals surface area contributed by atoms with Crippen LogP contribution in [0.3, 0.4) is 0 Å². The molecule has 0 spiro atoms. The summed E-state index contributed by atoms with van der Waals surface area (Å²) in [6.45, 7) is 2.97. The summed E-state index contributed by atoms with van der Waals surface area (Å²) in [5.74, 6) is 0. The van der Waals surface area contributed by atoms with Gasteiger partial charge in [-0.05, 0) is 0 Å². The van der Waals surface area contributed by atoms with Gasteiger partial charge in [-0.1, -0.05) is 0 Å². The fraction of sp³-hybridized carbons (Fsp3) is 0.200. The molecule has 0 heterocycles. The second-order valence-electron chi connectivity index (χ2n) is 5.77. The zero-order valence-corrected chi connectivity index (χ0v) is 17.4. The Hall–Kier alpha value is -0.960. The third kappa shape index (κ3) is 3.05. The van der Waals surface area contributed by atoms with Crippen molar-refractivity contribution in [1.29, 1.82) is 0 Å². The molecule has 0 amide bonds. The van der Waals surface area contributed by atoms with Gasteiger partial charge in [0.25, 0.3) is 0 Å². The van der Waals surface area contributed by atoms with Crippen molar-refractivity contribution in [2.45, 2.75) is 14.3 Å². The molecule has 0 saturated heterocycles. The van der Waals surface area contributed by atoms with Gasteiger partial charge in [0.1, 0.15) is 0 Å². The third-order valence-corrected chi connectivity index (χ3v) is 14.8. The first-order valence-electron chi connectivity index (χ1n) is 7.92. The van der Waals surface area contributed by atoms with E-state index in [0.717, 1.165) is 6.61 Å². The first-order chi connectivity index (χ1) is 10.9. The number of fused-ring (bicyclic) bond motifs is 2. The fourth-order valence-electron chi connectivity index (χ4n) is 3.53. The van der Waals surface area contributed by atoms with Crippen molar-refractivity contribution in [3.63, 3.8) is 0 Å². The van der Waals surface area contributed by atoms with Gasteiger partial charge in [0.15, 0.2) is 0 Å². The maximum Gasteiger partial charge on any atom is -1.00 e. The van der Waals surface area contributed by atoms with Gasteiger partial charge in [0, 0.05) is 0 Å². The average molecular weight is 489 g/mol. The Bertz CT molecular complexity index is 691. The molecule has 4 rings (SSSR count). The molecule has 0 N–H and O–H groups in total. The summed E-state index contributed by atoms with van der Waals surface area (Å²) >= 11 is -2.36. The smallest absolute Gasteiger partial charge is 1.00 e. The van der Waals surface area contributed by atoms with Gasteiger partial charge in [-0.2, -0.15) is 0 Å². The molecule has 2 aromatic rings. The van der Waals surface area contributed by atoms with Crippen LogP contribution in [0.1, 0.15) is 36.5 Å². The SMILES string of the molecule is CC[O][Hf+]([CH]1C=Cc2ccccc21)[CH]1C=Cc2ccccc21.[Cl-]. The number of benzene rings is 2. The summed E-state index contributed by atoms with van der Waals surface area (Å²) in [5.41, 5.74) is 5.72. The molecule has 3 heteroatoms. The summed E-state index contributed by atoms with van der Waals surface area (Å²) in [5, 5.41) is 0. The first-order valence-corrected chi connectivity index (χ1v) is 13.5. The van der Waals surface area contributed by atoms with Crippen LogP contribution in [-0.4, -0.2) is 6.61 Å². The van der Waals surface area contributed by atoms with E-state index in [-0.39, 0.29) is 12.4 Å². The molecule has 116 valence electrons. The van der Waals surface area contributed by atoms with E-state index in [1.165, 1.54) is 22.3 Å². The zero-order chi connectivity index (χ0) is 14.9. The molecule has 23 heavy (non-hydrogen) atoms. The molecule has 0 fully saturated rings. The van der Waals surface area contributed by atoms with Gasteiger partial charge in [0.05, 0.1) is 0 Å². The molecular weight excluding hydrogens is 470 g/mol. The van der Waals surface area contributed by atoms with Crippen molar-refractivity contribution in [3.8, 4) is 0 Å². The van der Waals surface area contributed by atoms with E-state index in [9.17, 15) is 0 Å². The minimum atomic E-state index is -2.36. The van der Waals surface area contributed by atoms with E-state index in [0.29, 0.717) is 7.35 Å². The summed E-state index contributed by atoms with van der Waals surface area (Å²) in [7, 11) is 0. The fourth-order valence-corrected chi connectivity index (χ4v) is 13.6. The third-order valence-electron chi connectivity index (χ3n) is 4.52. The van der Waals surface area contributed by atoms with Gasteiger partial charge in [-0.3, -0.25) is 0 Å². The normalized spacial score (nSPS) is 20.0. The van der Waals surface area contributed by atoms with Crippen molar-refractivity contribution in [1.82, 2.24) is 0 Å². The van der Waals surface area contributed by atoms with Gasteiger partial charge in [0.2, 0.25) is 0 Å². The van der Waals surface area contributed by atoms with Crippen LogP contribution in [0.5, 0.6) is 0 Å². The monoisotopic (exact) mass is 490 g/mol. The quantitative estimate of drug-likeness (QED) is 0.599. The summed E-state index contributed by atoms with van der Waals surface area (Å²) in [6.07, 6.45) is 9.37. The predicted octanol–water partition coefficient (Wildman–Crippen LogP) is 2.10. The van der Waals surface area contributed by atoms with Crippen LogP contribution >= 0.6 is 0 Å². The van der Waals surface area contributed by atoms with E-state index in [1.807, 2.05) is 0 Å². The molecule has 0 saturated carbocycles. The number of hydrogen-bond acceptors (Lipinski definition) is 1. The second-order valence-corrected chi connectivity index (χ2v) is 14.2. The van der Waals surface area contributed by atoms with E-state index in [4.69, 9.17) is 2.85 Å². The number of halogens is 1. The summed E-state index contributed by atoms with van der Waals surface area (Å²) < 4.78 is 7.52. The van der Waals surface area contributed by atoms with Crippen LogP contribution in [0.15, 0.2) is 60.7 Å². The first kappa shape index (κ1) is 16.9. The van der Waals surface area contributed by atoms with Crippen LogP contribution in [0.2, 0.25) is 0 Å². The van der Waals surface area contributed by atoms with Crippen molar-refractivity contribution in [2.75, 3.05) is 6.61 Å². The van der Waals surface area contributed by atoms with Crippen LogP contribution < -0.4 is 12.4 Å². The standard InChI is InChI=1S/2C9H7.C2H5O.ClH.Hf/c2*1-2-5-9-7-3-6-8(9)4-1;1-2-3;;/h2*1-7H;2H2,1H3;1H;/q;;-1;;+2/p-1. The molecule has 1 nitrogen and oxygen atoms in total. The predicted molar refractivity (Wildman–Crippen MR) is 88.1 cm³/mol. The van der Waals surface area contributed by atoms with Crippen LogP contribution in [0.4, 0.5) is 0 Å². The topological polar surface area (TPSA) is 9.23 Å². The summed E-state index contributed by atoms with van der Waals surface area (Å²) in [6, 6.07) is 17.6. The van der Waals surface area contributed by atoms with E-state index < -0.39 is 21.9 Å². The van der Waals surface area contributed by atoms with E-state index in [2.05, 4.69) is 79.8 Å². The van der Waals surface area contributed by atoms with E-state index >= 15 is 0 Å².